The number of halogens is 1. The Morgan fingerprint density at radius 3 is 2.37 bits per heavy atom. The number of hydrogen-bond donors (Lipinski definition) is 1. The van der Waals surface area contributed by atoms with Crippen LogP contribution in [0.25, 0.3) is 21.9 Å². The van der Waals surface area contributed by atoms with Crippen LogP contribution in [0.2, 0.25) is 0 Å². The van der Waals surface area contributed by atoms with E-state index < -0.39 is 0 Å². The Kier molecular flexibility index (Phi) is 3.03. The number of fused-ring (bicyclic) bond motifs is 1. The van der Waals surface area contributed by atoms with Gasteiger partial charge in [0, 0.05) is 9.86 Å². The van der Waals surface area contributed by atoms with Crippen molar-refractivity contribution in [1.82, 2.24) is 0 Å². The molecule has 0 saturated heterocycles. The van der Waals surface area contributed by atoms with E-state index in [0.717, 1.165) is 31.9 Å². The molecule has 3 aromatic carbocycles. The minimum Gasteiger partial charge on any atom is -0.507 e. The predicted octanol–water partition coefficient (Wildman–Crippen LogP) is 5.28. The summed E-state index contributed by atoms with van der Waals surface area (Å²) in [6.07, 6.45) is 0. The predicted molar refractivity (Wildman–Crippen MR) is 83.5 cm³/mol. The van der Waals surface area contributed by atoms with E-state index in [1.165, 1.54) is 0 Å². The molecular weight excluding hydrogens is 300 g/mol. The van der Waals surface area contributed by atoms with Gasteiger partial charge in [-0.2, -0.15) is 0 Å². The standard InChI is InChI=1S/C17H13BrO/c1-11-16(12-6-8-14(18)9-7-12)10-13-4-2-3-5-15(13)17(11)19/h2-10,19H,1H3. The van der Waals surface area contributed by atoms with Crippen molar-refractivity contribution in [3.8, 4) is 16.9 Å². The van der Waals surface area contributed by atoms with Crippen LogP contribution in [0.1, 0.15) is 5.56 Å². The van der Waals surface area contributed by atoms with E-state index in [1.807, 2.05) is 43.3 Å². The third kappa shape index (κ3) is 2.13. The topological polar surface area (TPSA) is 20.2 Å². The van der Waals surface area contributed by atoms with E-state index in [-0.39, 0.29) is 0 Å². The molecule has 2 heteroatoms. The fourth-order valence-electron chi connectivity index (χ4n) is 2.36. The summed E-state index contributed by atoms with van der Waals surface area (Å²) in [5.41, 5.74) is 3.10. The van der Waals surface area contributed by atoms with E-state index in [4.69, 9.17) is 0 Å². The molecule has 0 saturated carbocycles. The summed E-state index contributed by atoms with van der Waals surface area (Å²) in [5.74, 6) is 0.371. The van der Waals surface area contributed by atoms with E-state index in [9.17, 15) is 5.11 Å². The average Bonchev–Trinajstić information content (AvgIpc) is 2.44. The molecule has 1 nitrogen and oxygen atoms in total. The Labute approximate surface area is 120 Å². The van der Waals surface area contributed by atoms with Gasteiger partial charge in [0.2, 0.25) is 0 Å². The maximum absolute atomic E-state index is 10.3. The molecule has 0 aliphatic carbocycles. The first kappa shape index (κ1) is 12.2. The first-order chi connectivity index (χ1) is 9.16. The lowest BCUT2D eigenvalue weighted by atomic mass is 9.95. The molecule has 19 heavy (non-hydrogen) atoms. The smallest absolute Gasteiger partial charge is 0.126 e. The van der Waals surface area contributed by atoms with Crippen molar-refractivity contribution in [2.24, 2.45) is 0 Å². The summed E-state index contributed by atoms with van der Waals surface area (Å²) in [6.45, 7) is 1.96. The van der Waals surface area contributed by atoms with Gasteiger partial charge in [0.25, 0.3) is 0 Å². The van der Waals surface area contributed by atoms with Crippen LogP contribution in [0.3, 0.4) is 0 Å². The normalized spacial score (nSPS) is 10.8. The monoisotopic (exact) mass is 312 g/mol. The zero-order valence-corrected chi connectivity index (χ0v) is 12.1. The molecule has 0 heterocycles. The summed E-state index contributed by atoms with van der Waals surface area (Å²) in [6, 6.07) is 18.2. The second-order valence-corrected chi connectivity index (χ2v) is 5.54. The molecular formula is C17H13BrO. The first-order valence-corrected chi connectivity index (χ1v) is 6.93. The van der Waals surface area contributed by atoms with E-state index >= 15 is 0 Å². The number of aromatic hydroxyl groups is 1. The Morgan fingerprint density at radius 2 is 1.63 bits per heavy atom. The van der Waals surface area contributed by atoms with Gasteiger partial charge in [0.05, 0.1) is 0 Å². The van der Waals surface area contributed by atoms with Gasteiger partial charge >= 0.3 is 0 Å². The molecule has 3 aromatic rings. The third-order valence-electron chi connectivity index (χ3n) is 3.43. The molecule has 0 fully saturated rings. The molecule has 0 radical (unpaired) electrons. The van der Waals surface area contributed by atoms with Gasteiger partial charge < -0.3 is 5.11 Å². The second kappa shape index (κ2) is 4.71. The van der Waals surface area contributed by atoms with Crippen LogP contribution in [0, 0.1) is 6.92 Å². The highest BCUT2D eigenvalue weighted by molar-refractivity contribution is 9.10. The highest BCUT2D eigenvalue weighted by Crippen LogP contribution is 2.36. The maximum atomic E-state index is 10.3. The Morgan fingerprint density at radius 1 is 0.947 bits per heavy atom. The summed E-state index contributed by atoms with van der Waals surface area (Å²) < 4.78 is 1.05. The van der Waals surface area contributed by atoms with Crippen molar-refractivity contribution in [3.63, 3.8) is 0 Å². The molecule has 0 bridgehead atoms. The van der Waals surface area contributed by atoms with Gasteiger partial charge in [-0.05, 0) is 47.2 Å². The van der Waals surface area contributed by atoms with Gasteiger partial charge in [0.1, 0.15) is 5.75 Å². The number of rotatable bonds is 1. The number of hydrogen-bond acceptors (Lipinski definition) is 1. The molecule has 0 aliphatic heterocycles. The van der Waals surface area contributed by atoms with Gasteiger partial charge in [0.15, 0.2) is 0 Å². The molecule has 0 spiro atoms. The van der Waals surface area contributed by atoms with Crippen molar-refractivity contribution in [3.05, 3.63) is 64.6 Å². The van der Waals surface area contributed by atoms with E-state index in [1.54, 1.807) is 0 Å². The molecule has 3 rings (SSSR count). The lowest BCUT2D eigenvalue weighted by Gasteiger charge is -2.11. The number of phenols is 1. The summed E-state index contributed by atoms with van der Waals surface area (Å²) >= 11 is 3.44. The summed E-state index contributed by atoms with van der Waals surface area (Å²) in [7, 11) is 0. The zero-order chi connectivity index (χ0) is 13.4. The van der Waals surface area contributed by atoms with Crippen molar-refractivity contribution in [1.29, 1.82) is 0 Å². The Bertz CT molecular complexity index is 745. The van der Waals surface area contributed by atoms with Gasteiger partial charge in [-0.25, -0.2) is 0 Å². The van der Waals surface area contributed by atoms with Crippen LogP contribution in [-0.4, -0.2) is 5.11 Å². The van der Waals surface area contributed by atoms with Crippen LogP contribution in [-0.2, 0) is 0 Å². The summed E-state index contributed by atoms with van der Waals surface area (Å²) in [4.78, 5) is 0. The van der Waals surface area contributed by atoms with Gasteiger partial charge in [-0.1, -0.05) is 52.3 Å². The summed E-state index contributed by atoms with van der Waals surface area (Å²) in [5, 5.41) is 12.3. The van der Waals surface area contributed by atoms with Crippen LogP contribution in [0.4, 0.5) is 0 Å². The van der Waals surface area contributed by atoms with Crippen molar-refractivity contribution in [2.45, 2.75) is 6.92 Å². The molecule has 0 atom stereocenters. The zero-order valence-electron chi connectivity index (χ0n) is 10.5. The SMILES string of the molecule is Cc1c(-c2ccc(Br)cc2)cc2ccccc2c1O. The number of benzene rings is 3. The fourth-order valence-corrected chi connectivity index (χ4v) is 2.63. The van der Waals surface area contributed by atoms with E-state index in [0.29, 0.717) is 5.75 Å². The Hall–Kier alpha value is -1.80. The quantitative estimate of drug-likeness (QED) is 0.648. The first-order valence-electron chi connectivity index (χ1n) is 6.14. The van der Waals surface area contributed by atoms with Crippen LogP contribution in [0.15, 0.2) is 59.1 Å². The van der Waals surface area contributed by atoms with Crippen LogP contribution in [0.5, 0.6) is 5.75 Å². The molecule has 0 amide bonds. The molecule has 0 aliphatic rings. The number of phenolic OH excluding ortho intramolecular Hbond substituents is 1. The van der Waals surface area contributed by atoms with E-state index in [2.05, 4.69) is 34.1 Å². The van der Waals surface area contributed by atoms with Crippen LogP contribution < -0.4 is 0 Å². The maximum Gasteiger partial charge on any atom is 0.126 e. The molecule has 94 valence electrons. The average molecular weight is 313 g/mol. The highest BCUT2D eigenvalue weighted by Gasteiger charge is 2.10. The third-order valence-corrected chi connectivity index (χ3v) is 3.96. The minimum atomic E-state index is 0.371. The molecule has 1 N–H and O–H groups in total. The molecule has 0 unspecified atom stereocenters. The van der Waals surface area contributed by atoms with Crippen molar-refractivity contribution >= 4 is 26.7 Å². The second-order valence-electron chi connectivity index (χ2n) is 4.63. The van der Waals surface area contributed by atoms with Gasteiger partial charge in [-0.15, -0.1) is 0 Å². The minimum absolute atomic E-state index is 0.371. The van der Waals surface area contributed by atoms with Gasteiger partial charge in [-0.3, -0.25) is 0 Å². The molecule has 0 aromatic heterocycles. The Balaban J connectivity index is 2.29. The fraction of sp³-hybridized carbons (Fsp3) is 0.0588. The lowest BCUT2D eigenvalue weighted by molar-refractivity contribution is 0.478. The van der Waals surface area contributed by atoms with Crippen molar-refractivity contribution in [2.75, 3.05) is 0 Å². The highest BCUT2D eigenvalue weighted by atomic mass is 79.9. The lowest BCUT2D eigenvalue weighted by Crippen LogP contribution is -1.86. The largest absolute Gasteiger partial charge is 0.507 e. The van der Waals surface area contributed by atoms with Crippen molar-refractivity contribution < 1.29 is 5.11 Å². The van der Waals surface area contributed by atoms with Crippen LogP contribution >= 0.6 is 15.9 Å².